The second kappa shape index (κ2) is 6.61. The molecule has 1 aliphatic heterocycles. The highest BCUT2D eigenvalue weighted by Crippen LogP contribution is 2.29. The Labute approximate surface area is 159 Å². The van der Waals surface area contributed by atoms with Gasteiger partial charge in [0, 0.05) is 12.7 Å². The van der Waals surface area contributed by atoms with E-state index < -0.39 is 5.91 Å². The minimum absolute atomic E-state index is 0.121. The molecule has 1 aromatic carbocycles. The van der Waals surface area contributed by atoms with Gasteiger partial charge < -0.3 is 15.5 Å². The molecule has 1 fully saturated rings. The van der Waals surface area contributed by atoms with Crippen molar-refractivity contribution >= 4 is 39.7 Å². The molecule has 0 spiro atoms. The van der Waals surface area contributed by atoms with Crippen LogP contribution in [-0.4, -0.2) is 38.7 Å². The maximum atomic E-state index is 13.0. The molecule has 5 rings (SSSR count). The van der Waals surface area contributed by atoms with Gasteiger partial charge in [0.25, 0.3) is 5.91 Å². The Kier molecular flexibility index (Phi) is 3.94. The van der Waals surface area contributed by atoms with E-state index in [0.29, 0.717) is 16.5 Å². The van der Waals surface area contributed by atoms with E-state index in [1.54, 1.807) is 12.3 Å². The van der Waals surface area contributed by atoms with Gasteiger partial charge in [-0.05, 0) is 37.6 Å². The van der Waals surface area contributed by atoms with E-state index in [-0.39, 0.29) is 23.6 Å². The van der Waals surface area contributed by atoms with Crippen molar-refractivity contribution in [2.24, 2.45) is 0 Å². The number of pyridine rings is 1. The number of nitrogen functional groups attached to an aromatic ring is 1. The first-order valence-corrected chi connectivity index (χ1v) is 9.21. The lowest BCUT2D eigenvalue weighted by Gasteiger charge is -2.23. The highest BCUT2D eigenvalue weighted by molar-refractivity contribution is 6.13. The fourth-order valence-corrected chi connectivity index (χ4v) is 3.67. The topological polar surface area (TPSA) is 124 Å². The highest BCUT2D eigenvalue weighted by Gasteiger charge is 2.25. The number of carbonyl (C=O) groups excluding carboxylic acids is 1. The van der Waals surface area contributed by atoms with Gasteiger partial charge in [-0.25, -0.2) is 4.98 Å². The van der Waals surface area contributed by atoms with Crippen molar-refractivity contribution in [3.63, 3.8) is 0 Å². The number of anilines is 2. The van der Waals surface area contributed by atoms with Gasteiger partial charge in [0.1, 0.15) is 11.3 Å². The van der Waals surface area contributed by atoms with Gasteiger partial charge >= 0.3 is 6.01 Å². The third-order valence-electron chi connectivity index (χ3n) is 5.00. The lowest BCUT2D eigenvalue weighted by Crippen LogP contribution is -2.32. The number of nitrogens with zero attached hydrogens (tertiary/aromatic N) is 4. The first-order chi connectivity index (χ1) is 13.7. The number of nitrogens with one attached hydrogen (secondary N) is 2. The molecule has 9 nitrogen and oxygen atoms in total. The first-order valence-electron chi connectivity index (χ1n) is 9.21. The predicted octanol–water partition coefficient (Wildman–Crippen LogP) is 2.33. The number of oxazole rings is 1. The quantitative estimate of drug-likeness (QED) is 0.500. The molecule has 0 unspecified atom stereocenters. The van der Waals surface area contributed by atoms with E-state index in [9.17, 15) is 4.79 Å². The first kappa shape index (κ1) is 16.7. The van der Waals surface area contributed by atoms with Crippen LogP contribution >= 0.6 is 0 Å². The van der Waals surface area contributed by atoms with Gasteiger partial charge in [0.15, 0.2) is 11.3 Å². The van der Waals surface area contributed by atoms with Crippen molar-refractivity contribution < 1.29 is 9.21 Å². The zero-order valence-corrected chi connectivity index (χ0v) is 15.1. The molecule has 0 radical (unpaired) electrons. The van der Waals surface area contributed by atoms with Gasteiger partial charge in [-0.3, -0.25) is 14.8 Å². The molecular formula is C19H19N7O2. The Hall–Kier alpha value is -3.46. The summed E-state index contributed by atoms with van der Waals surface area (Å²) in [6.45, 7) is 1.79. The van der Waals surface area contributed by atoms with Crippen LogP contribution in [0, 0.1) is 0 Å². The van der Waals surface area contributed by atoms with Crippen LogP contribution < -0.4 is 16.4 Å². The third kappa shape index (κ3) is 2.76. The molecule has 1 saturated heterocycles. The van der Waals surface area contributed by atoms with Crippen LogP contribution in [0.5, 0.6) is 0 Å². The number of benzene rings is 1. The molecule has 4 heterocycles. The summed E-state index contributed by atoms with van der Waals surface area (Å²) in [5, 5.41) is 11.2. The van der Waals surface area contributed by atoms with Gasteiger partial charge in [-0.2, -0.15) is 10.1 Å². The van der Waals surface area contributed by atoms with Gasteiger partial charge in [0.05, 0.1) is 16.9 Å². The number of carbonyl (C=O) groups is 1. The standard InChI is InChI=1S/C19H19N7O2/c20-17-15-13(7-9-22-17)26(11-4-3-8-21-10-11)25-16(15)18(27)24-19-23-12-5-1-2-6-14(12)28-19/h1-2,5-7,9,11,21H,3-4,8,10H2,(H2,20,22)(H,23,24,27)/t11-/m1/s1. The monoisotopic (exact) mass is 377 g/mol. The molecule has 0 aliphatic carbocycles. The van der Waals surface area contributed by atoms with Crippen LogP contribution in [0.1, 0.15) is 29.4 Å². The molecule has 1 atom stereocenters. The van der Waals surface area contributed by atoms with E-state index in [4.69, 9.17) is 10.2 Å². The van der Waals surface area contributed by atoms with Crippen LogP contribution in [0.3, 0.4) is 0 Å². The van der Waals surface area contributed by atoms with Crippen molar-refractivity contribution in [3.05, 3.63) is 42.2 Å². The molecule has 0 bridgehead atoms. The lowest BCUT2D eigenvalue weighted by molar-refractivity contribution is 0.101. The summed E-state index contributed by atoms with van der Waals surface area (Å²) in [5.74, 6) is -0.158. The van der Waals surface area contributed by atoms with E-state index in [1.807, 2.05) is 28.9 Å². The Bertz CT molecular complexity index is 1140. The number of piperidine rings is 1. The van der Waals surface area contributed by atoms with Crippen LogP contribution in [0.15, 0.2) is 40.9 Å². The molecule has 28 heavy (non-hydrogen) atoms. The molecule has 1 aliphatic rings. The molecule has 4 N–H and O–H groups in total. The normalized spacial score (nSPS) is 17.2. The molecular weight excluding hydrogens is 358 g/mol. The second-order valence-corrected chi connectivity index (χ2v) is 6.82. The summed E-state index contributed by atoms with van der Waals surface area (Å²) in [4.78, 5) is 21.4. The molecule has 142 valence electrons. The summed E-state index contributed by atoms with van der Waals surface area (Å²) < 4.78 is 7.47. The average Bonchev–Trinajstić information content (AvgIpc) is 3.30. The van der Waals surface area contributed by atoms with Crippen LogP contribution in [-0.2, 0) is 0 Å². The number of para-hydroxylation sites is 2. The van der Waals surface area contributed by atoms with Crippen LogP contribution in [0.25, 0.3) is 22.0 Å². The average molecular weight is 377 g/mol. The predicted molar refractivity (Wildman–Crippen MR) is 105 cm³/mol. The van der Waals surface area contributed by atoms with Crippen LogP contribution in [0.2, 0.25) is 0 Å². The number of hydrogen-bond acceptors (Lipinski definition) is 7. The highest BCUT2D eigenvalue weighted by atomic mass is 16.4. The minimum atomic E-state index is -0.432. The molecule has 0 saturated carbocycles. The summed E-state index contributed by atoms with van der Waals surface area (Å²) in [6.07, 6.45) is 3.67. The van der Waals surface area contributed by atoms with Gasteiger partial charge in [0.2, 0.25) is 0 Å². The fraction of sp³-hybridized carbons (Fsp3) is 0.263. The zero-order valence-electron chi connectivity index (χ0n) is 15.1. The van der Waals surface area contributed by atoms with Crippen molar-refractivity contribution in [1.82, 2.24) is 25.1 Å². The van der Waals surface area contributed by atoms with E-state index in [1.165, 1.54) is 0 Å². The molecule has 4 aromatic rings. The zero-order chi connectivity index (χ0) is 19.1. The summed E-state index contributed by atoms with van der Waals surface area (Å²) in [6, 6.07) is 9.43. The van der Waals surface area contributed by atoms with Crippen molar-refractivity contribution in [2.45, 2.75) is 18.9 Å². The van der Waals surface area contributed by atoms with Crippen LogP contribution in [0.4, 0.5) is 11.8 Å². The van der Waals surface area contributed by atoms with E-state index in [2.05, 4.69) is 25.7 Å². The number of amides is 1. The Morgan fingerprint density at radius 2 is 2.21 bits per heavy atom. The van der Waals surface area contributed by atoms with Gasteiger partial charge in [-0.1, -0.05) is 12.1 Å². The summed E-state index contributed by atoms with van der Waals surface area (Å²) in [5.41, 5.74) is 8.37. The fourth-order valence-electron chi connectivity index (χ4n) is 3.67. The summed E-state index contributed by atoms with van der Waals surface area (Å²) >= 11 is 0. The van der Waals surface area contributed by atoms with Crippen molar-refractivity contribution in [2.75, 3.05) is 24.1 Å². The van der Waals surface area contributed by atoms with Crippen molar-refractivity contribution in [1.29, 1.82) is 0 Å². The molecule has 1 amide bonds. The van der Waals surface area contributed by atoms with Crippen molar-refractivity contribution in [3.8, 4) is 0 Å². The second-order valence-electron chi connectivity index (χ2n) is 6.82. The lowest BCUT2D eigenvalue weighted by atomic mass is 10.1. The Morgan fingerprint density at radius 1 is 1.32 bits per heavy atom. The third-order valence-corrected chi connectivity index (χ3v) is 5.00. The summed E-state index contributed by atoms with van der Waals surface area (Å²) in [7, 11) is 0. The van der Waals surface area contributed by atoms with E-state index >= 15 is 0 Å². The smallest absolute Gasteiger partial charge is 0.302 e. The number of rotatable bonds is 3. The molecule has 9 heteroatoms. The molecule has 3 aromatic heterocycles. The maximum Gasteiger partial charge on any atom is 0.302 e. The largest absolute Gasteiger partial charge is 0.423 e. The number of hydrogen-bond donors (Lipinski definition) is 3. The Morgan fingerprint density at radius 3 is 3.04 bits per heavy atom. The van der Waals surface area contributed by atoms with E-state index in [0.717, 1.165) is 31.4 Å². The maximum absolute atomic E-state index is 13.0. The SMILES string of the molecule is Nc1nccc2c1c(C(=O)Nc1nc3ccccc3o1)nn2[C@@H]1CCCNC1. The van der Waals surface area contributed by atoms with Gasteiger partial charge in [-0.15, -0.1) is 0 Å². The number of fused-ring (bicyclic) bond motifs is 2. The number of aromatic nitrogens is 4. The number of nitrogens with two attached hydrogens (primary N) is 1. The minimum Gasteiger partial charge on any atom is -0.423 e. The Balaban J connectivity index is 1.54.